The third-order valence-electron chi connectivity index (χ3n) is 3.18. The lowest BCUT2D eigenvalue weighted by Crippen LogP contribution is -2.03. The molecule has 0 aliphatic carbocycles. The Morgan fingerprint density at radius 2 is 2.00 bits per heavy atom. The van der Waals surface area contributed by atoms with Crippen LogP contribution in [-0.4, -0.2) is 17.6 Å². The number of aryl methyl sites for hydroxylation is 1. The van der Waals surface area contributed by atoms with Gasteiger partial charge in [-0.3, -0.25) is 0 Å². The van der Waals surface area contributed by atoms with E-state index in [4.69, 9.17) is 16.3 Å². The molecular formula is C17H14ClNO2S2. The van der Waals surface area contributed by atoms with E-state index in [0.717, 1.165) is 20.3 Å². The van der Waals surface area contributed by atoms with Crippen molar-refractivity contribution in [3.8, 4) is 20.3 Å². The maximum Gasteiger partial charge on any atom is 0.350 e. The molecule has 0 saturated carbocycles. The number of esters is 1. The second-order valence-electron chi connectivity index (χ2n) is 4.83. The van der Waals surface area contributed by atoms with Crippen molar-refractivity contribution in [3.63, 3.8) is 0 Å². The molecule has 0 radical (unpaired) electrons. The molecule has 23 heavy (non-hydrogen) atoms. The molecule has 0 unspecified atom stereocenters. The second kappa shape index (κ2) is 6.83. The second-order valence-corrected chi connectivity index (χ2v) is 7.35. The van der Waals surface area contributed by atoms with E-state index in [-0.39, 0.29) is 5.97 Å². The van der Waals surface area contributed by atoms with E-state index in [1.165, 1.54) is 11.3 Å². The number of carbonyl (C=O) groups excluding carboxylic acids is 1. The molecule has 0 bridgehead atoms. The van der Waals surface area contributed by atoms with Crippen molar-refractivity contribution >= 4 is 40.2 Å². The summed E-state index contributed by atoms with van der Waals surface area (Å²) in [6.45, 7) is 3.99. The minimum atomic E-state index is -0.305. The van der Waals surface area contributed by atoms with E-state index in [2.05, 4.69) is 4.98 Å². The first-order valence-corrected chi connectivity index (χ1v) is 9.10. The molecule has 0 saturated heterocycles. The third-order valence-corrected chi connectivity index (χ3v) is 5.86. The molecule has 118 valence electrons. The topological polar surface area (TPSA) is 39.2 Å². The van der Waals surface area contributed by atoms with Gasteiger partial charge in [0.2, 0.25) is 0 Å². The Bertz CT molecular complexity index is 854. The summed E-state index contributed by atoms with van der Waals surface area (Å²) < 4.78 is 5.07. The zero-order chi connectivity index (χ0) is 16.4. The van der Waals surface area contributed by atoms with Crippen LogP contribution in [0.15, 0.2) is 36.4 Å². The van der Waals surface area contributed by atoms with Gasteiger partial charge in [0.25, 0.3) is 0 Å². The molecule has 3 aromatic rings. The lowest BCUT2D eigenvalue weighted by atomic mass is 10.2. The number of aromatic nitrogens is 1. The minimum absolute atomic E-state index is 0.305. The minimum Gasteiger partial charge on any atom is -0.462 e. The van der Waals surface area contributed by atoms with Crippen LogP contribution < -0.4 is 0 Å². The normalized spacial score (nSPS) is 10.7. The number of ether oxygens (including phenoxy) is 1. The molecule has 0 spiro atoms. The van der Waals surface area contributed by atoms with E-state index in [0.29, 0.717) is 22.2 Å². The fourth-order valence-corrected chi connectivity index (χ4v) is 4.34. The molecule has 0 amide bonds. The molecule has 3 rings (SSSR count). The quantitative estimate of drug-likeness (QED) is 0.560. The van der Waals surface area contributed by atoms with Crippen LogP contribution in [0.5, 0.6) is 0 Å². The van der Waals surface area contributed by atoms with Gasteiger partial charge in [0.05, 0.1) is 17.2 Å². The van der Waals surface area contributed by atoms with Crippen molar-refractivity contribution in [3.05, 3.63) is 52.0 Å². The molecule has 0 aliphatic heterocycles. The molecule has 1 aromatic carbocycles. The number of rotatable bonds is 4. The predicted octanol–water partition coefficient (Wildman–Crippen LogP) is 5.68. The van der Waals surface area contributed by atoms with Gasteiger partial charge in [-0.25, -0.2) is 9.78 Å². The Kier molecular flexibility index (Phi) is 4.80. The first-order chi connectivity index (χ1) is 11.1. The maximum atomic E-state index is 11.9. The van der Waals surface area contributed by atoms with Gasteiger partial charge in [0, 0.05) is 9.90 Å². The van der Waals surface area contributed by atoms with E-state index < -0.39 is 0 Å². The van der Waals surface area contributed by atoms with Gasteiger partial charge in [-0.05, 0) is 43.7 Å². The summed E-state index contributed by atoms with van der Waals surface area (Å²) in [6.07, 6.45) is 0. The highest BCUT2D eigenvalue weighted by atomic mass is 35.5. The maximum absolute atomic E-state index is 11.9. The van der Waals surface area contributed by atoms with Gasteiger partial charge < -0.3 is 4.74 Å². The summed E-state index contributed by atoms with van der Waals surface area (Å²) >= 11 is 9.05. The molecule has 2 heterocycles. The predicted molar refractivity (Wildman–Crippen MR) is 96.6 cm³/mol. The van der Waals surface area contributed by atoms with E-state index in [9.17, 15) is 4.79 Å². The summed E-state index contributed by atoms with van der Waals surface area (Å²) in [5.74, 6) is -0.305. The Hall–Kier alpha value is -1.69. The zero-order valence-electron chi connectivity index (χ0n) is 12.6. The SMILES string of the molecule is CCOC(=O)c1sc(-c2ccc(-c3cccc(Cl)c3)s2)nc1C. The highest BCUT2D eigenvalue weighted by molar-refractivity contribution is 7.24. The van der Waals surface area contributed by atoms with E-state index in [1.807, 2.05) is 43.3 Å². The van der Waals surface area contributed by atoms with Crippen molar-refractivity contribution in [2.45, 2.75) is 13.8 Å². The summed E-state index contributed by atoms with van der Waals surface area (Å²) in [4.78, 5) is 19.1. The summed E-state index contributed by atoms with van der Waals surface area (Å²) in [5, 5.41) is 1.55. The van der Waals surface area contributed by atoms with Crippen molar-refractivity contribution in [2.24, 2.45) is 0 Å². The number of benzene rings is 1. The Balaban J connectivity index is 1.92. The lowest BCUT2D eigenvalue weighted by molar-refractivity contribution is 0.0531. The van der Waals surface area contributed by atoms with Crippen LogP contribution in [0, 0.1) is 6.92 Å². The fourth-order valence-electron chi connectivity index (χ4n) is 2.14. The molecule has 3 nitrogen and oxygen atoms in total. The highest BCUT2D eigenvalue weighted by Gasteiger charge is 2.18. The average Bonchev–Trinajstić information content (AvgIpc) is 3.14. The third kappa shape index (κ3) is 3.47. The highest BCUT2D eigenvalue weighted by Crippen LogP contribution is 2.37. The molecule has 2 aromatic heterocycles. The molecule has 0 N–H and O–H groups in total. The number of hydrogen-bond acceptors (Lipinski definition) is 5. The number of carbonyl (C=O) groups is 1. The summed E-state index contributed by atoms with van der Waals surface area (Å²) in [5.41, 5.74) is 1.79. The van der Waals surface area contributed by atoms with E-state index in [1.54, 1.807) is 18.3 Å². The van der Waals surface area contributed by atoms with Gasteiger partial charge in [-0.1, -0.05) is 23.7 Å². The van der Waals surface area contributed by atoms with Crippen LogP contribution in [0.25, 0.3) is 20.3 Å². The zero-order valence-corrected chi connectivity index (χ0v) is 15.0. The molecular weight excluding hydrogens is 350 g/mol. The number of thiazole rings is 1. The lowest BCUT2D eigenvalue weighted by Gasteiger charge is -1.97. The van der Waals surface area contributed by atoms with Crippen LogP contribution >= 0.6 is 34.3 Å². The van der Waals surface area contributed by atoms with Crippen LogP contribution in [0.2, 0.25) is 5.02 Å². The first kappa shape index (κ1) is 16.2. The van der Waals surface area contributed by atoms with Crippen LogP contribution in [0.1, 0.15) is 22.3 Å². The fraction of sp³-hybridized carbons (Fsp3) is 0.176. The Morgan fingerprint density at radius 3 is 2.74 bits per heavy atom. The van der Waals surface area contributed by atoms with Gasteiger partial charge >= 0.3 is 5.97 Å². The van der Waals surface area contributed by atoms with Gasteiger partial charge in [0.15, 0.2) is 0 Å². The van der Waals surface area contributed by atoms with Crippen LogP contribution in [0.3, 0.4) is 0 Å². The average molecular weight is 364 g/mol. The van der Waals surface area contributed by atoms with Crippen LogP contribution in [0.4, 0.5) is 0 Å². The van der Waals surface area contributed by atoms with Gasteiger partial charge in [-0.2, -0.15) is 0 Å². The largest absolute Gasteiger partial charge is 0.462 e. The standard InChI is InChI=1S/C17H14ClNO2S2/c1-3-21-17(20)15-10(2)19-16(23-15)14-8-7-13(22-14)11-5-4-6-12(18)9-11/h4-9H,3H2,1-2H3. The molecule has 6 heteroatoms. The number of nitrogens with zero attached hydrogens (tertiary/aromatic N) is 1. The molecule has 0 aliphatic rings. The monoisotopic (exact) mass is 363 g/mol. The van der Waals surface area contributed by atoms with E-state index >= 15 is 0 Å². The van der Waals surface area contributed by atoms with Crippen molar-refractivity contribution in [2.75, 3.05) is 6.61 Å². The van der Waals surface area contributed by atoms with Gasteiger partial charge in [-0.15, -0.1) is 22.7 Å². The number of hydrogen-bond donors (Lipinski definition) is 0. The molecule has 0 atom stereocenters. The van der Waals surface area contributed by atoms with Gasteiger partial charge in [0.1, 0.15) is 9.88 Å². The van der Waals surface area contributed by atoms with Crippen LogP contribution in [-0.2, 0) is 4.74 Å². The van der Waals surface area contributed by atoms with Crippen molar-refractivity contribution in [1.82, 2.24) is 4.98 Å². The van der Waals surface area contributed by atoms with Crippen molar-refractivity contribution < 1.29 is 9.53 Å². The Morgan fingerprint density at radius 1 is 1.22 bits per heavy atom. The first-order valence-electron chi connectivity index (χ1n) is 7.09. The summed E-state index contributed by atoms with van der Waals surface area (Å²) in [6, 6.07) is 11.8. The molecule has 0 fully saturated rings. The smallest absolute Gasteiger partial charge is 0.350 e. The van der Waals surface area contributed by atoms with Crippen molar-refractivity contribution in [1.29, 1.82) is 0 Å². The summed E-state index contributed by atoms with van der Waals surface area (Å²) in [7, 11) is 0. The number of thiophene rings is 1. The number of halogens is 1. The Labute approximate surface area is 147 Å².